The van der Waals surface area contributed by atoms with Crippen LogP contribution in [0.3, 0.4) is 0 Å². The van der Waals surface area contributed by atoms with Crippen molar-refractivity contribution in [3.63, 3.8) is 0 Å². The van der Waals surface area contributed by atoms with Crippen molar-refractivity contribution in [3.8, 4) is 6.07 Å². The molecule has 3 aromatic carbocycles. The predicted octanol–water partition coefficient (Wildman–Crippen LogP) is 5.17. The number of carbonyl (C=O) groups excluding carboxylic acids is 3. The number of allylic oxidation sites excluding steroid dienone is 3. The van der Waals surface area contributed by atoms with Gasteiger partial charge >= 0.3 is 11.9 Å². The van der Waals surface area contributed by atoms with E-state index in [0.717, 1.165) is 5.56 Å². The number of nitrogens with one attached hydrogen (secondary N) is 1. The molecular weight excluding hydrogens is 563 g/mol. The fraction of sp³-hybridized carbons (Fsp3) is 0.176. The Labute approximate surface area is 253 Å². The Morgan fingerprint density at radius 3 is 2.25 bits per heavy atom. The predicted molar refractivity (Wildman–Crippen MR) is 161 cm³/mol. The molecule has 0 fully saturated rings. The number of ketones is 1. The quantitative estimate of drug-likeness (QED) is 0.357. The van der Waals surface area contributed by atoms with Gasteiger partial charge in [0.1, 0.15) is 17.3 Å². The maximum atomic E-state index is 13.5. The molecule has 44 heavy (non-hydrogen) atoms. The standard InChI is InChI=1S/C34H29FN4O5/c1-43-33(41)30-29(21-8-4-3-5-9-21)26(19-36)32(37)39(31(30)34(42)44-2)28-11-7-6-10-27(28)38-24-16-22(17-25(40)18-24)20-12-14-23(35)15-13-20/h3-15,18,22,29,38H,16-17,37H2,1-2H3. The van der Waals surface area contributed by atoms with E-state index in [1.54, 1.807) is 66.7 Å². The number of methoxy groups -OCH3 is 2. The summed E-state index contributed by atoms with van der Waals surface area (Å²) in [4.78, 5) is 40.9. The normalized spacial score (nSPS) is 18.4. The van der Waals surface area contributed by atoms with Gasteiger partial charge in [-0.25, -0.2) is 14.0 Å². The zero-order valence-corrected chi connectivity index (χ0v) is 24.0. The van der Waals surface area contributed by atoms with Crippen molar-refractivity contribution >= 4 is 29.1 Å². The Hall–Kier alpha value is -5.69. The number of nitrogens with zero attached hydrogens (tertiary/aromatic N) is 2. The van der Waals surface area contributed by atoms with Gasteiger partial charge in [0, 0.05) is 18.2 Å². The van der Waals surface area contributed by atoms with Crippen molar-refractivity contribution in [2.75, 3.05) is 24.4 Å². The maximum absolute atomic E-state index is 13.5. The summed E-state index contributed by atoms with van der Waals surface area (Å²) in [5, 5.41) is 13.6. The average Bonchev–Trinajstić information content (AvgIpc) is 3.04. The van der Waals surface area contributed by atoms with Crippen LogP contribution in [0.4, 0.5) is 15.8 Å². The molecule has 1 aliphatic carbocycles. The van der Waals surface area contributed by atoms with Crippen LogP contribution in [0.1, 0.15) is 35.8 Å². The van der Waals surface area contributed by atoms with Crippen LogP contribution in [0.15, 0.2) is 113 Å². The van der Waals surface area contributed by atoms with E-state index in [-0.39, 0.29) is 46.6 Å². The molecule has 2 atom stereocenters. The Kier molecular flexibility index (Phi) is 8.58. The smallest absolute Gasteiger partial charge is 0.355 e. The Morgan fingerprint density at radius 1 is 0.932 bits per heavy atom. The lowest BCUT2D eigenvalue weighted by Crippen LogP contribution is -2.41. The third-order valence-corrected chi connectivity index (χ3v) is 7.64. The molecular formula is C34H29FN4O5. The molecule has 0 saturated heterocycles. The van der Waals surface area contributed by atoms with Crippen LogP contribution in [-0.4, -0.2) is 31.9 Å². The second-order valence-electron chi connectivity index (χ2n) is 10.3. The number of hydrogen-bond donors (Lipinski definition) is 2. The summed E-state index contributed by atoms with van der Waals surface area (Å²) >= 11 is 0. The van der Waals surface area contributed by atoms with Crippen LogP contribution in [0, 0.1) is 17.1 Å². The van der Waals surface area contributed by atoms with Gasteiger partial charge in [-0.05, 0) is 47.7 Å². The molecule has 10 heteroatoms. The molecule has 1 heterocycles. The molecule has 0 radical (unpaired) electrons. The highest BCUT2D eigenvalue weighted by molar-refractivity contribution is 6.07. The van der Waals surface area contributed by atoms with Crippen LogP contribution in [0.25, 0.3) is 0 Å². The third-order valence-electron chi connectivity index (χ3n) is 7.64. The first-order chi connectivity index (χ1) is 21.3. The van der Waals surface area contributed by atoms with Gasteiger partial charge in [0.05, 0.1) is 48.7 Å². The number of hydrogen-bond acceptors (Lipinski definition) is 9. The van der Waals surface area contributed by atoms with E-state index in [2.05, 4.69) is 11.4 Å². The summed E-state index contributed by atoms with van der Waals surface area (Å²) in [6.45, 7) is 0. The summed E-state index contributed by atoms with van der Waals surface area (Å²) in [6.07, 6.45) is 2.23. The SMILES string of the molecule is COC(=O)C1=C(C(=O)OC)N(c2ccccc2NC2=CC(=O)CC(c3ccc(F)cc3)C2)C(N)=C(C#N)C1c1ccccc1. The van der Waals surface area contributed by atoms with Gasteiger partial charge in [-0.15, -0.1) is 0 Å². The lowest BCUT2D eigenvalue weighted by atomic mass is 9.81. The van der Waals surface area contributed by atoms with E-state index in [4.69, 9.17) is 15.2 Å². The number of rotatable bonds is 7. The zero-order valence-electron chi connectivity index (χ0n) is 24.0. The van der Waals surface area contributed by atoms with E-state index < -0.39 is 17.9 Å². The topological polar surface area (TPSA) is 135 Å². The minimum Gasteiger partial charge on any atom is -0.466 e. The summed E-state index contributed by atoms with van der Waals surface area (Å²) in [5.41, 5.74) is 9.11. The first-order valence-corrected chi connectivity index (χ1v) is 13.8. The van der Waals surface area contributed by atoms with Gasteiger partial charge in [-0.1, -0.05) is 54.6 Å². The van der Waals surface area contributed by atoms with E-state index in [9.17, 15) is 24.0 Å². The first kappa shape index (κ1) is 29.8. The fourth-order valence-corrected chi connectivity index (χ4v) is 5.66. The van der Waals surface area contributed by atoms with E-state index in [1.165, 1.54) is 37.3 Å². The Morgan fingerprint density at radius 2 is 1.59 bits per heavy atom. The molecule has 1 aliphatic heterocycles. The summed E-state index contributed by atoms with van der Waals surface area (Å²) in [5.74, 6) is -3.45. The van der Waals surface area contributed by atoms with E-state index in [1.807, 2.05) is 0 Å². The average molecular weight is 593 g/mol. The molecule has 0 spiro atoms. The van der Waals surface area contributed by atoms with Gasteiger partial charge in [0.15, 0.2) is 5.78 Å². The zero-order chi connectivity index (χ0) is 31.4. The highest BCUT2D eigenvalue weighted by atomic mass is 19.1. The van der Waals surface area contributed by atoms with Crippen LogP contribution in [-0.2, 0) is 23.9 Å². The second-order valence-corrected chi connectivity index (χ2v) is 10.3. The molecule has 0 bridgehead atoms. The minimum atomic E-state index is -1.01. The second kappa shape index (κ2) is 12.7. The van der Waals surface area contributed by atoms with Crippen molar-refractivity contribution in [3.05, 3.63) is 130 Å². The number of para-hydroxylation sites is 2. The number of carbonyl (C=O) groups is 3. The van der Waals surface area contributed by atoms with Gasteiger partial charge < -0.3 is 20.5 Å². The van der Waals surface area contributed by atoms with Gasteiger partial charge in [0.25, 0.3) is 0 Å². The number of benzene rings is 3. The molecule has 0 aromatic heterocycles. The summed E-state index contributed by atoms with van der Waals surface area (Å²) in [6, 6.07) is 23.8. The highest BCUT2D eigenvalue weighted by Gasteiger charge is 2.43. The lowest BCUT2D eigenvalue weighted by molar-refractivity contribution is -0.139. The lowest BCUT2D eigenvalue weighted by Gasteiger charge is -2.37. The van der Waals surface area contributed by atoms with Crippen LogP contribution < -0.4 is 16.0 Å². The molecule has 3 aromatic rings. The molecule has 5 rings (SSSR count). The van der Waals surface area contributed by atoms with Crippen molar-refractivity contribution < 1.29 is 28.2 Å². The summed E-state index contributed by atoms with van der Waals surface area (Å²) in [7, 11) is 2.36. The molecule has 2 unspecified atom stereocenters. The van der Waals surface area contributed by atoms with Crippen LogP contribution in [0.5, 0.6) is 0 Å². The number of halogens is 1. The maximum Gasteiger partial charge on any atom is 0.355 e. The molecule has 9 nitrogen and oxygen atoms in total. The van der Waals surface area contributed by atoms with E-state index in [0.29, 0.717) is 29.1 Å². The van der Waals surface area contributed by atoms with Crippen molar-refractivity contribution in [1.29, 1.82) is 5.26 Å². The van der Waals surface area contributed by atoms with Crippen LogP contribution >= 0.6 is 0 Å². The monoisotopic (exact) mass is 592 g/mol. The largest absolute Gasteiger partial charge is 0.466 e. The minimum absolute atomic E-state index is 0.0301. The third kappa shape index (κ3) is 5.68. The fourth-order valence-electron chi connectivity index (χ4n) is 5.66. The van der Waals surface area contributed by atoms with Crippen LogP contribution in [0.2, 0.25) is 0 Å². The van der Waals surface area contributed by atoms with Crippen molar-refractivity contribution in [1.82, 2.24) is 0 Å². The van der Waals surface area contributed by atoms with E-state index >= 15 is 0 Å². The number of esters is 2. The Balaban J connectivity index is 1.64. The van der Waals surface area contributed by atoms with Gasteiger partial charge in [-0.2, -0.15) is 5.26 Å². The van der Waals surface area contributed by atoms with Gasteiger partial charge in [0.2, 0.25) is 0 Å². The molecule has 3 N–H and O–H groups in total. The molecule has 0 saturated carbocycles. The molecule has 222 valence electrons. The number of nitriles is 1. The number of nitrogens with two attached hydrogens (primary N) is 1. The highest BCUT2D eigenvalue weighted by Crippen LogP contribution is 2.45. The first-order valence-electron chi connectivity index (χ1n) is 13.8. The van der Waals surface area contributed by atoms with Crippen molar-refractivity contribution in [2.24, 2.45) is 5.73 Å². The number of anilines is 2. The van der Waals surface area contributed by atoms with Gasteiger partial charge in [-0.3, -0.25) is 9.69 Å². The Bertz CT molecular complexity index is 1760. The summed E-state index contributed by atoms with van der Waals surface area (Å²) < 4.78 is 23.8. The molecule has 0 amide bonds. The number of ether oxygens (including phenoxy) is 2. The molecule has 2 aliphatic rings. The van der Waals surface area contributed by atoms with Crippen molar-refractivity contribution in [2.45, 2.75) is 24.7 Å².